The largest absolute Gasteiger partial charge is 0.497 e. The molecule has 2 aromatic carbocycles. The third-order valence-corrected chi connectivity index (χ3v) is 4.61. The molecular formula is C20H21ClFNO3. The van der Waals surface area contributed by atoms with Crippen LogP contribution < -0.4 is 14.8 Å². The molecule has 2 aromatic rings. The van der Waals surface area contributed by atoms with Gasteiger partial charge in [0.2, 0.25) is 5.91 Å². The van der Waals surface area contributed by atoms with Gasteiger partial charge in [-0.2, -0.15) is 0 Å². The van der Waals surface area contributed by atoms with Gasteiger partial charge in [-0.05, 0) is 49.7 Å². The molecule has 1 aliphatic heterocycles. The third kappa shape index (κ3) is 4.10. The van der Waals surface area contributed by atoms with Crippen LogP contribution in [0.4, 0.5) is 4.39 Å². The summed E-state index contributed by atoms with van der Waals surface area (Å²) in [5.41, 5.74) is 0.739. The van der Waals surface area contributed by atoms with Gasteiger partial charge < -0.3 is 14.8 Å². The summed E-state index contributed by atoms with van der Waals surface area (Å²) in [5, 5.41) is 3.30. The van der Waals surface area contributed by atoms with Crippen LogP contribution in [-0.4, -0.2) is 18.6 Å². The lowest BCUT2D eigenvalue weighted by Crippen LogP contribution is -2.41. The van der Waals surface area contributed by atoms with E-state index in [1.807, 2.05) is 32.0 Å². The van der Waals surface area contributed by atoms with Crippen LogP contribution in [0.3, 0.4) is 0 Å². The zero-order valence-electron chi connectivity index (χ0n) is 14.9. The van der Waals surface area contributed by atoms with E-state index in [4.69, 9.17) is 21.1 Å². The highest BCUT2D eigenvalue weighted by atomic mass is 35.5. The summed E-state index contributed by atoms with van der Waals surface area (Å²) >= 11 is 5.76. The van der Waals surface area contributed by atoms with E-state index < -0.39 is 11.4 Å². The molecule has 1 N–H and O–H groups in total. The summed E-state index contributed by atoms with van der Waals surface area (Å²) in [5.74, 6) is 0.657. The lowest BCUT2D eigenvalue weighted by molar-refractivity contribution is -0.121. The number of nitrogens with one attached hydrogen (secondary N) is 1. The summed E-state index contributed by atoms with van der Waals surface area (Å²) in [6, 6.07) is 9.59. The molecule has 138 valence electrons. The SMILES string of the molecule is COc1ccc2c(c1)[C@H](NC(=O)Cc1ccc(Cl)cc1F)CC(C)(C)O2. The molecule has 1 atom stereocenters. The van der Waals surface area contributed by atoms with Crippen LogP contribution in [0.25, 0.3) is 0 Å². The van der Waals surface area contributed by atoms with E-state index in [9.17, 15) is 9.18 Å². The van der Waals surface area contributed by atoms with Crippen LogP contribution >= 0.6 is 11.6 Å². The zero-order valence-corrected chi connectivity index (χ0v) is 15.7. The molecule has 0 saturated carbocycles. The predicted octanol–water partition coefficient (Wildman–Crippen LogP) is 4.45. The second-order valence-corrected chi connectivity index (χ2v) is 7.44. The monoisotopic (exact) mass is 377 g/mol. The maximum absolute atomic E-state index is 13.9. The number of amides is 1. The van der Waals surface area contributed by atoms with Crippen molar-refractivity contribution in [3.63, 3.8) is 0 Å². The third-order valence-electron chi connectivity index (χ3n) is 4.38. The van der Waals surface area contributed by atoms with Crippen LogP contribution in [0.1, 0.15) is 37.4 Å². The van der Waals surface area contributed by atoms with Gasteiger partial charge in [-0.25, -0.2) is 4.39 Å². The molecule has 0 radical (unpaired) electrons. The molecule has 26 heavy (non-hydrogen) atoms. The lowest BCUT2D eigenvalue weighted by Gasteiger charge is -2.38. The number of fused-ring (bicyclic) bond motifs is 1. The predicted molar refractivity (Wildman–Crippen MR) is 98.3 cm³/mol. The van der Waals surface area contributed by atoms with Gasteiger partial charge in [0.05, 0.1) is 19.6 Å². The van der Waals surface area contributed by atoms with Crippen molar-refractivity contribution in [2.75, 3.05) is 7.11 Å². The first-order chi connectivity index (χ1) is 12.3. The number of methoxy groups -OCH3 is 1. The molecule has 1 amide bonds. The minimum atomic E-state index is -0.484. The van der Waals surface area contributed by atoms with Crippen LogP contribution in [0, 0.1) is 5.82 Å². The molecule has 1 heterocycles. The van der Waals surface area contributed by atoms with Gasteiger partial charge in [0.15, 0.2) is 0 Å². The molecule has 0 bridgehead atoms. The van der Waals surface area contributed by atoms with Crippen LogP contribution in [0.15, 0.2) is 36.4 Å². The van der Waals surface area contributed by atoms with Gasteiger partial charge >= 0.3 is 0 Å². The fourth-order valence-corrected chi connectivity index (χ4v) is 3.33. The van der Waals surface area contributed by atoms with E-state index in [0.717, 1.165) is 5.56 Å². The molecule has 0 spiro atoms. The summed E-state index contributed by atoms with van der Waals surface area (Å²) < 4.78 is 25.2. The molecule has 3 rings (SSSR count). The van der Waals surface area contributed by atoms with Crippen molar-refractivity contribution < 1.29 is 18.7 Å². The minimum Gasteiger partial charge on any atom is -0.497 e. The Morgan fingerprint density at radius 1 is 1.35 bits per heavy atom. The highest BCUT2D eigenvalue weighted by Crippen LogP contribution is 2.41. The van der Waals surface area contributed by atoms with E-state index in [0.29, 0.717) is 28.5 Å². The van der Waals surface area contributed by atoms with E-state index >= 15 is 0 Å². The maximum Gasteiger partial charge on any atom is 0.225 e. The second kappa shape index (κ2) is 7.16. The Labute approximate surface area is 157 Å². The normalized spacial score (nSPS) is 17.8. The summed E-state index contributed by atoms with van der Waals surface area (Å²) in [7, 11) is 1.59. The number of hydrogen-bond acceptors (Lipinski definition) is 3. The van der Waals surface area contributed by atoms with Gasteiger partial charge in [0, 0.05) is 17.0 Å². The average molecular weight is 378 g/mol. The molecule has 0 saturated heterocycles. The molecule has 4 nitrogen and oxygen atoms in total. The number of ether oxygens (including phenoxy) is 2. The van der Waals surface area contributed by atoms with Crippen LogP contribution in [0.5, 0.6) is 11.5 Å². The smallest absolute Gasteiger partial charge is 0.225 e. The van der Waals surface area contributed by atoms with Gasteiger partial charge in [0.25, 0.3) is 0 Å². The number of halogens is 2. The number of benzene rings is 2. The molecule has 0 aromatic heterocycles. The van der Waals surface area contributed by atoms with Crippen molar-refractivity contribution in [2.45, 2.75) is 38.3 Å². The van der Waals surface area contributed by atoms with E-state index in [1.165, 1.54) is 12.1 Å². The fourth-order valence-electron chi connectivity index (χ4n) is 3.17. The molecule has 0 fully saturated rings. The van der Waals surface area contributed by atoms with Crippen molar-refractivity contribution in [1.82, 2.24) is 5.32 Å². The van der Waals surface area contributed by atoms with Crippen LogP contribution in [-0.2, 0) is 11.2 Å². The van der Waals surface area contributed by atoms with Crippen molar-refractivity contribution in [1.29, 1.82) is 0 Å². The first-order valence-corrected chi connectivity index (χ1v) is 8.75. The first kappa shape index (κ1) is 18.5. The van der Waals surface area contributed by atoms with Crippen LogP contribution in [0.2, 0.25) is 5.02 Å². The summed E-state index contributed by atoms with van der Waals surface area (Å²) in [4.78, 5) is 12.5. The molecular weight excluding hydrogens is 357 g/mol. The molecule has 6 heteroatoms. The average Bonchev–Trinajstić information content (AvgIpc) is 2.56. The first-order valence-electron chi connectivity index (χ1n) is 8.38. The molecule has 1 aliphatic rings. The topological polar surface area (TPSA) is 47.6 Å². The Hall–Kier alpha value is -2.27. The number of hydrogen-bond donors (Lipinski definition) is 1. The van der Waals surface area contributed by atoms with Gasteiger partial charge in [0.1, 0.15) is 22.9 Å². The van der Waals surface area contributed by atoms with Gasteiger partial charge in [-0.3, -0.25) is 4.79 Å². The van der Waals surface area contributed by atoms with Gasteiger partial charge in [-0.1, -0.05) is 17.7 Å². The van der Waals surface area contributed by atoms with Crippen molar-refractivity contribution in [3.05, 3.63) is 58.4 Å². The minimum absolute atomic E-state index is 0.0555. The Morgan fingerprint density at radius 2 is 2.12 bits per heavy atom. The molecule has 0 aliphatic carbocycles. The van der Waals surface area contributed by atoms with Crippen molar-refractivity contribution >= 4 is 17.5 Å². The summed E-state index contributed by atoms with van der Waals surface area (Å²) in [6.07, 6.45) is 0.544. The quantitative estimate of drug-likeness (QED) is 0.856. The second-order valence-electron chi connectivity index (χ2n) is 7.00. The number of carbonyl (C=O) groups is 1. The highest BCUT2D eigenvalue weighted by Gasteiger charge is 2.34. The molecule has 0 unspecified atom stereocenters. The summed E-state index contributed by atoms with van der Waals surface area (Å²) in [6.45, 7) is 3.94. The zero-order chi connectivity index (χ0) is 18.9. The van der Waals surface area contributed by atoms with Crippen molar-refractivity contribution in [3.8, 4) is 11.5 Å². The van der Waals surface area contributed by atoms with E-state index in [1.54, 1.807) is 13.2 Å². The number of rotatable bonds is 4. The van der Waals surface area contributed by atoms with E-state index in [2.05, 4.69) is 5.32 Å². The Kier molecular flexibility index (Phi) is 5.10. The lowest BCUT2D eigenvalue weighted by atomic mass is 9.89. The Bertz CT molecular complexity index is 838. The van der Waals surface area contributed by atoms with Gasteiger partial charge in [-0.15, -0.1) is 0 Å². The fraction of sp³-hybridized carbons (Fsp3) is 0.350. The van der Waals surface area contributed by atoms with Crippen molar-refractivity contribution in [2.24, 2.45) is 0 Å². The maximum atomic E-state index is 13.9. The van der Waals surface area contributed by atoms with E-state index in [-0.39, 0.29) is 18.4 Å². The standard InChI is InChI=1S/C20H21ClFNO3/c1-20(2)11-17(15-10-14(25-3)6-7-18(15)26-20)23-19(24)8-12-4-5-13(21)9-16(12)22/h4-7,9-10,17H,8,11H2,1-3H3,(H,23,24)/t17-/m1/s1. The Balaban J connectivity index is 1.81. The number of carbonyl (C=O) groups excluding carboxylic acids is 1. The highest BCUT2D eigenvalue weighted by molar-refractivity contribution is 6.30. The Morgan fingerprint density at radius 3 is 2.81 bits per heavy atom.